The molecule has 0 saturated carbocycles. The Morgan fingerprint density at radius 1 is 1.72 bits per heavy atom. The summed E-state index contributed by atoms with van der Waals surface area (Å²) in [5, 5.41) is 5.12. The molecule has 18 heavy (non-hydrogen) atoms. The highest BCUT2D eigenvalue weighted by Gasteiger charge is 2.26. The lowest BCUT2D eigenvalue weighted by Crippen LogP contribution is -2.52. The van der Waals surface area contributed by atoms with E-state index in [0.717, 1.165) is 15.9 Å². The normalized spacial score (nSPS) is 20.1. The summed E-state index contributed by atoms with van der Waals surface area (Å²) in [4.78, 5) is 15.3. The van der Waals surface area contributed by atoms with Gasteiger partial charge in [-0.15, -0.1) is 11.3 Å². The molecule has 1 amide bonds. The summed E-state index contributed by atoms with van der Waals surface area (Å²) in [7, 11) is 1.90. The molecule has 1 fully saturated rings. The number of hydrogen-bond acceptors (Lipinski definition) is 4. The first kappa shape index (κ1) is 14.0. The standard InChI is InChI=1S/C12H17BrN2O2S/c1-14-6-10-7-17-3-2-15(10)12(16)5-11-4-9(13)8-18-11/h4,8,10,14H,2-3,5-7H2,1H3. The summed E-state index contributed by atoms with van der Waals surface area (Å²) in [5.74, 6) is 0.188. The molecule has 1 N–H and O–H groups in total. The maximum atomic E-state index is 12.3. The van der Waals surface area contributed by atoms with E-state index < -0.39 is 0 Å². The summed E-state index contributed by atoms with van der Waals surface area (Å²) in [5.41, 5.74) is 0. The van der Waals surface area contributed by atoms with Crippen LogP contribution in [0.15, 0.2) is 15.9 Å². The van der Waals surface area contributed by atoms with Crippen LogP contribution in [0.5, 0.6) is 0 Å². The van der Waals surface area contributed by atoms with Crippen LogP contribution in [0.2, 0.25) is 0 Å². The topological polar surface area (TPSA) is 41.6 Å². The molecule has 0 aliphatic carbocycles. The fourth-order valence-electron chi connectivity index (χ4n) is 2.09. The Bertz CT molecular complexity index is 409. The second-order valence-electron chi connectivity index (χ2n) is 4.28. The van der Waals surface area contributed by atoms with Crippen molar-refractivity contribution < 1.29 is 9.53 Å². The fraction of sp³-hybridized carbons (Fsp3) is 0.583. The molecule has 6 heteroatoms. The summed E-state index contributed by atoms with van der Waals surface area (Å²) in [6.07, 6.45) is 0.483. The van der Waals surface area contributed by atoms with Gasteiger partial charge in [-0.2, -0.15) is 0 Å². The first-order valence-electron chi connectivity index (χ1n) is 5.95. The van der Waals surface area contributed by atoms with Gasteiger partial charge in [-0.3, -0.25) is 4.79 Å². The molecule has 100 valence electrons. The predicted octanol–water partition coefficient (Wildman–Crippen LogP) is 1.50. The summed E-state index contributed by atoms with van der Waals surface area (Å²) >= 11 is 5.03. The minimum atomic E-state index is 0.152. The third kappa shape index (κ3) is 3.54. The van der Waals surface area contributed by atoms with Crippen LogP contribution in [-0.2, 0) is 16.0 Å². The molecule has 1 atom stereocenters. The Kier molecular flexibility index (Phi) is 5.17. The molecule has 1 aromatic heterocycles. The van der Waals surface area contributed by atoms with Crippen LogP contribution in [0.3, 0.4) is 0 Å². The van der Waals surface area contributed by atoms with Crippen LogP contribution >= 0.6 is 27.3 Å². The van der Waals surface area contributed by atoms with Gasteiger partial charge < -0.3 is 15.0 Å². The van der Waals surface area contributed by atoms with Crippen molar-refractivity contribution in [3.05, 3.63) is 20.8 Å². The van der Waals surface area contributed by atoms with Gasteiger partial charge in [-0.1, -0.05) is 0 Å². The van der Waals surface area contributed by atoms with Crippen LogP contribution in [0.4, 0.5) is 0 Å². The Balaban J connectivity index is 1.97. The molecular weight excluding hydrogens is 316 g/mol. The Labute approximate surface area is 119 Å². The van der Waals surface area contributed by atoms with Crippen molar-refractivity contribution in [2.45, 2.75) is 12.5 Å². The van der Waals surface area contributed by atoms with Gasteiger partial charge in [0.1, 0.15) is 0 Å². The van der Waals surface area contributed by atoms with Crippen molar-refractivity contribution in [2.24, 2.45) is 0 Å². The van der Waals surface area contributed by atoms with Gasteiger partial charge in [0.05, 0.1) is 25.7 Å². The zero-order valence-corrected chi connectivity index (χ0v) is 12.7. The van der Waals surface area contributed by atoms with Crippen molar-refractivity contribution in [1.82, 2.24) is 10.2 Å². The lowest BCUT2D eigenvalue weighted by atomic mass is 10.2. The zero-order valence-electron chi connectivity index (χ0n) is 10.3. The molecule has 1 saturated heterocycles. The van der Waals surface area contributed by atoms with Gasteiger partial charge in [0, 0.05) is 27.8 Å². The number of halogens is 1. The molecule has 2 rings (SSSR count). The molecule has 1 unspecified atom stereocenters. The van der Waals surface area contributed by atoms with Crippen molar-refractivity contribution in [3.63, 3.8) is 0 Å². The van der Waals surface area contributed by atoms with Crippen LogP contribution in [0.1, 0.15) is 4.88 Å². The quantitative estimate of drug-likeness (QED) is 0.908. The number of thiophene rings is 1. The Morgan fingerprint density at radius 2 is 2.56 bits per heavy atom. The first-order chi connectivity index (χ1) is 8.70. The van der Waals surface area contributed by atoms with Crippen LogP contribution in [-0.4, -0.2) is 50.2 Å². The van der Waals surface area contributed by atoms with Crippen LogP contribution in [0.25, 0.3) is 0 Å². The number of ether oxygens (including phenoxy) is 1. The van der Waals surface area contributed by atoms with E-state index in [9.17, 15) is 4.79 Å². The Hall–Kier alpha value is -0.430. The molecule has 0 radical (unpaired) electrons. The van der Waals surface area contributed by atoms with E-state index >= 15 is 0 Å². The number of carbonyl (C=O) groups is 1. The molecule has 2 heterocycles. The molecule has 0 aromatic carbocycles. The Morgan fingerprint density at radius 3 is 3.22 bits per heavy atom. The highest BCUT2D eigenvalue weighted by atomic mass is 79.9. The number of morpholine rings is 1. The number of nitrogens with zero attached hydrogens (tertiary/aromatic N) is 1. The lowest BCUT2D eigenvalue weighted by molar-refractivity contribution is -0.138. The van der Waals surface area contributed by atoms with Gasteiger partial charge in [0.15, 0.2) is 0 Å². The van der Waals surface area contributed by atoms with E-state index in [1.165, 1.54) is 0 Å². The van der Waals surface area contributed by atoms with E-state index in [1.54, 1.807) is 11.3 Å². The minimum absolute atomic E-state index is 0.152. The van der Waals surface area contributed by atoms with E-state index in [-0.39, 0.29) is 11.9 Å². The average molecular weight is 333 g/mol. The van der Waals surface area contributed by atoms with Crippen LogP contribution < -0.4 is 5.32 Å². The van der Waals surface area contributed by atoms with E-state index in [2.05, 4.69) is 21.2 Å². The highest BCUT2D eigenvalue weighted by Crippen LogP contribution is 2.21. The molecular formula is C12H17BrN2O2S. The largest absolute Gasteiger partial charge is 0.377 e. The van der Waals surface area contributed by atoms with Crippen molar-refractivity contribution in [2.75, 3.05) is 33.4 Å². The average Bonchev–Trinajstić information content (AvgIpc) is 2.76. The van der Waals surface area contributed by atoms with Gasteiger partial charge >= 0.3 is 0 Å². The number of amides is 1. The summed E-state index contributed by atoms with van der Waals surface area (Å²) < 4.78 is 6.48. The number of likely N-dealkylation sites (N-methyl/N-ethyl adjacent to an activating group) is 1. The zero-order chi connectivity index (χ0) is 13.0. The van der Waals surface area contributed by atoms with E-state index in [4.69, 9.17) is 4.74 Å². The molecule has 1 aromatic rings. The molecule has 0 bridgehead atoms. The van der Waals surface area contributed by atoms with Gasteiger partial charge in [-0.25, -0.2) is 0 Å². The van der Waals surface area contributed by atoms with Gasteiger partial charge in [-0.05, 0) is 29.0 Å². The number of hydrogen-bond donors (Lipinski definition) is 1. The van der Waals surface area contributed by atoms with E-state index in [1.807, 2.05) is 23.4 Å². The molecule has 1 aliphatic rings. The monoisotopic (exact) mass is 332 g/mol. The highest BCUT2D eigenvalue weighted by molar-refractivity contribution is 9.10. The van der Waals surface area contributed by atoms with Gasteiger partial charge in [0.2, 0.25) is 5.91 Å². The SMILES string of the molecule is CNCC1COCCN1C(=O)Cc1cc(Br)cs1. The number of carbonyl (C=O) groups excluding carboxylic acids is 1. The minimum Gasteiger partial charge on any atom is -0.377 e. The molecule has 4 nitrogen and oxygen atoms in total. The maximum Gasteiger partial charge on any atom is 0.228 e. The molecule has 1 aliphatic heterocycles. The predicted molar refractivity (Wildman–Crippen MR) is 76.0 cm³/mol. The second kappa shape index (κ2) is 6.65. The lowest BCUT2D eigenvalue weighted by Gasteiger charge is -2.35. The maximum absolute atomic E-state index is 12.3. The first-order valence-corrected chi connectivity index (χ1v) is 7.62. The third-order valence-electron chi connectivity index (χ3n) is 2.93. The van der Waals surface area contributed by atoms with Crippen molar-refractivity contribution >= 4 is 33.2 Å². The smallest absolute Gasteiger partial charge is 0.228 e. The van der Waals surface area contributed by atoms with E-state index in [0.29, 0.717) is 26.2 Å². The molecule has 0 spiro atoms. The second-order valence-corrected chi connectivity index (χ2v) is 6.19. The number of nitrogens with one attached hydrogen (secondary N) is 1. The summed E-state index contributed by atoms with van der Waals surface area (Å²) in [6.45, 7) is 2.73. The fourth-order valence-corrected chi connectivity index (χ4v) is 3.53. The van der Waals surface area contributed by atoms with Gasteiger partial charge in [0.25, 0.3) is 0 Å². The van der Waals surface area contributed by atoms with Crippen LogP contribution in [0, 0.1) is 0 Å². The summed E-state index contributed by atoms with van der Waals surface area (Å²) in [6, 6.07) is 2.16. The number of rotatable bonds is 4. The van der Waals surface area contributed by atoms with Crippen molar-refractivity contribution in [1.29, 1.82) is 0 Å². The third-order valence-corrected chi connectivity index (χ3v) is 4.63. The van der Waals surface area contributed by atoms with Crippen molar-refractivity contribution in [3.8, 4) is 0 Å².